The van der Waals surface area contributed by atoms with Crippen LogP contribution >= 0.6 is 22.6 Å². The van der Waals surface area contributed by atoms with E-state index in [4.69, 9.17) is 0 Å². The molecule has 1 aromatic rings. The first kappa shape index (κ1) is 7.65. The van der Waals surface area contributed by atoms with E-state index >= 15 is 0 Å². The van der Waals surface area contributed by atoms with Gasteiger partial charge in [0.1, 0.15) is 9.39 Å². The minimum Gasteiger partial charge on any atom is -0.296 e. The molecule has 0 spiro atoms. The zero-order valence-electron chi connectivity index (χ0n) is 5.47. The van der Waals surface area contributed by atoms with Gasteiger partial charge in [-0.25, -0.2) is 4.98 Å². The number of aromatic nitrogens is 1. The maximum Gasteiger partial charge on any atom is 0.168 e. The number of hydrogen-bond acceptors (Lipinski definition) is 2. The summed E-state index contributed by atoms with van der Waals surface area (Å²) in [5.74, 6) is 0. The molecule has 0 saturated heterocycles. The molecule has 52 valence electrons. The SMILES string of the molecule is Cc1cc(I)nc(C=O)c1. The van der Waals surface area contributed by atoms with Crippen LogP contribution in [0.25, 0.3) is 0 Å². The van der Waals surface area contributed by atoms with E-state index in [0.717, 1.165) is 15.6 Å². The molecule has 1 rings (SSSR count). The molecular weight excluding hydrogens is 241 g/mol. The van der Waals surface area contributed by atoms with Crippen LogP contribution in [0.15, 0.2) is 12.1 Å². The minimum absolute atomic E-state index is 0.504. The minimum atomic E-state index is 0.504. The summed E-state index contributed by atoms with van der Waals surface area (Å²) in [6, 6.07) is 3.68. The van der Waals surface area contributed by atoms with Gasteiger partial charge in [-0.15, -0.1) is 0 Å². The monoisotopic (exact) mass is 247 g/mol. The summed E-state index contributed by atoms with van der Waals surface area (Å²) in [6.45, 7) is 1.94. The molecule has 10 heavy (non-hydrogen) atoms. The number of pyridine rings is 1. The molecule has 0 aliphatic heterocycles. The number of rotatable bonds is 1. The molecule has 0 unspecified atom stereocenters. The predicted molar refractivity (Wildman–Crippen MR) is 47.1 cm³/mol. The molecule has 0 bridgehead atoms. The zero-order chi connectivity index (χ0) is 7.56. The van der Waals surface area contributed by atoms with E-state index in [-0.39, 0.29) is 0 Å². The Morgan fingerprint density at radius 3 is 2.80 bits per heavy atom. The lowest BCUT2D eigenvalue weighted by molar-refractivity contribution is 0.111. The molecule has 3 heteroatoms. The number of aryl methyl sites for hydroxylation is 1. The van der Waals surface area contributed by atoms with Crippen LogP contribution < -0.4 is 0 Å². The number of carbonyl (C=O) groups excluding carboxylic acids is 1. The van der Waals surface area contributed by atoms with E-state index in [1.807, 2.05) is 13.0 Å². The topological polar surface area (TPSA) is 30.0 Å². The lowest BCUT2D eigenvalue weighted by atomic mass is 10.2. The van der Waals surface area contributed by atoms with Crippen LogP contribution in [-0.4, -0.2) is 11.3 Å². The first-order chi connectivity index (χ1) is 4.72. The molecule has 1 aromatic heterocycles. The van der Waals surface area contributed by atoms with Gasteiger partial charge in [0.05, 0.1) is 0 Å². The summed E-state index contributed by atoms with van der Waals surface area (Å²) in [6.07, 6.45) is 0.759. The normalized spacial score (nSPS) is 9.40. The fourth-order valence-corrected chi connectivity index (χ4v) is 1.48. The van der Waals surface area contributed by atoms with E-state index < -0.39 is 0 Å². The number of aldehydes is 1. The van der Waals surface area contributed by atoms with Crippen molar-refractivity contribution in [2.24, 2.45) is 0 Å². The van der Waals surface area contributed by atoms with Crippen molar-refractivity contribution in [2.75, 3.05) is 0 Å². The highest BCUT2D eigenvalue weighted by Gasteiger charge is 1.94. The number of nitrogens with zero attached hydrogens (tertiary/aromatic N) is 1. The number of halogens is 1. The number of carbonyl (C=O) groups is 1. The van der Waals surface area contributed by atoms with Crippen LogP contribution in [0.2, 0.25) is 0 Å². The first-order valence-electron chi connectivity index (χ1n) is 2.82. The van der Waals surface area contributed by atoms with Gasteiger partial charge in [0.15, 0.2) is 6.29 Å². The van der Waals surface area contributed by atoms with E-state index in [1.54, 1.807) is 6.07 Å². The van der Waals surface area contributed by atoms with E-state index in [0.29, 0.717) is 5.69 Å². The molecule has 0 aliphatic rings. The Morgan fingerprint density at radius 2 is 2.30 bits per heavy atom. The van der Waals surface area contributed by atoms with Crippen molar-refractivity contribution < 1.29 is 4.79 Å². The molecule has 0 fully saturated rings. The molecule has 0 N–H and O–H groups in total. The van der Waals surface area contributed by atoms with Crippen molar-refractivity contribution in [1.82, 2.24) is 4.98 Å². The van der Waals surface area contributed by atoms with Gasteiger partial charge in [-0.3, -0.25) is 4.79 Å². The van der Waals surface area contributed by atoms with Crippen LogP contribution in [0.1, 0.15) is 16.1 Å². The van der Waals surface area contributed by atoms with Crippen molar-refractivity contribution in [2.45, 2.75) is 6.92 Å². The van der Waals surface area contributed by atoms with E-state index in [1.165, 1.54) is 0 Å². The molecule has 2 nitrogen and oxygen atoms in total. The fraction of sp³-hybridized carbons (Fsp3) is 0.143. The van der Waals surface area contributed by atoms with Crippen LogP contribution in [0.5, 0.6) is 0 Å². The standard InChI is InChI=1S/C7H6INO/c1-5-2-6(4-10)9-7(8)3-5/h2-4H,1H3. The summed E-state index contributed by atoms with van der Waals surface area (Å²) < 4.78 is 0.861. The molecule has 0 amide bonds. The Labute approximate surface area is 72.8 Å². The predicted octanol–water partition coefficient (Wildman–Crippen LogP) is 1.81. The third-order valence-electron chi connectivity index (χ3n) is 1.08. The van der Waals surface area contributed by atoms with Crippen molar-refractivity contribution in [3.63, 3.8) is 0 Å². The average molecular weight is 247 g/mol. The molecule has 0 aromatic carbocycles. The third-order valence-corrected chi connectivity index (χ3v) is 1.63. The van der Waals surface area contributed by atoms with Crippen LogP contribution in [0.4, 0.5) is 0 Å². The summed E-state index contributed by atoms with van der Waals surface area (Å²) >= 11 is 2.08. The Balaban J connectivity index is 3.18. The molecule has 0 radical (unpaired) electrons. The summed E-state index contributed by atoms with van der Waals surface area (Å²) in [4.78, 5) is 14.2. The Bertz CT molecular complexity index is 240. The van der Waals surface area contributed by atoms with Gasteiger partial charge < -0.3 is 0 Å². The Morgan fingerprint density at radius 1 is 1.60 bits per heavy atom. The first-order valence-corrected chi connectivity index (χ1v) is 3.89. The van der Waals surface area contributed by atoms with Gasteiger partial charge in [0.25, 0.3) is 0 Å². The van der Waals surface area contributed by atoms with Gasteiger partial charge in [-0.05, 0) is 47.2 Å². The Hall–Kier alpha value is -0.450. The molecular formula is C7H6INO. The maximum atomic E-state index is 10.2. The van der Waals surface area contributed by atoms with Gasteiger partial charge in [0, 0.05) is 0 Å². The van der Waals surface area contributed by atoms with Crippen molar-refractivity contribution in [3.8, 4) is 0 Å². The second-order valence-corrected chi connectivity index (χ2v) is 3.12. The summed E-state index contributed by atoms with van der Waals surface area (Å²) in [7, 11) is 0. The number of hydrogen-bond donors (Lipinski definition) is 0. The van der Waals surface area contributed by atoms with Gasteiger partial charge in [-0.2, -0.15) is 0 Å². The molecule has 0 aliphatic carbocycles. The van der Waals surface area contributed by atoms with Crippen LogP contribution in [0.3, 0.4) is 0 Å². The van der Waals surface area contributed by atoms with E-state index in [9.17, 15) is 4.79 Å². The fourth-order valence-electron chi connectivity index (χ4n) is 0.711. The third kappa shape index (κ3) is 1.76. The highest BCUT2D eigenvalue weighted by molar-refractivity contribution is 14.1. The van der Waals surface area contributed by atoms with Crippen molar-refractivity contribution in [1.29, 1.82) is 0 Å². The lowest BCUT2D eigenvalue weighted by Gasteiger charge is -1.94. The van der Waals surface area contributed by atoms with Gasteiger partial charge in [0.2, 0.25) is 0 Å². The second kappa shape index (κ2) is 3.09. The van der Waals surface area contributed by atoms with Crippen molar-refractivity contribution in [3.05, 3.63) is 27.1 Å². The van der Waals surface area contributed by atoms with Gasteiger partial charge >= 0.3 is 0 Å². The summed E-state index contributed by atoms with van der Waals surface area (Å²) in [5.41, 5.74) is 1.57. The van der Waals surface area contributed by atoms with Crippen LogP contribution in [-0.2, 0) is 0 Å². The Kier molecular flexibility index (Phi) is 2.37. The second-order valence-electron chi connectivity index (χ2n) is 2.01. The average Bonchev–Trinajstić information content (AvgIpc) is 1.85. The van der Waals surface area contributed by atoms with Crippen LogP contribution in [0, 0.1) is 10.6 Å². The maximum absolute atomic E-state index is 10.2. The quantitative estimate of drug-likeness (QED) is 0.430. The molecule has 1 heterocycles. The molecule has 0 saturated carbocycles. The highest BCUT2D eigenvalue weighted by atomic mass is 127. The highest BCUT2D eigenvalue weighted by Crippen LogP contribution is 2.05. The van der Waals surface area contributed by atoms with E-state index in [2.05, 4.69) is 27.6 Å². The zero-order valence-corrected chi connectivity index (χ0v) is 7.62. The smallest absolute Gasteiger partial charge is 0.168 e. The van der Waals surface area contributed by atoms with Crippen molar-refractivity contribution >= 4 is 28.9 Å². The molecule has 0 atom stereocenters. The van der Waals surface area contributed by atoms with Gasteiger partial charge in [-0.1, -0.05) is 0 Å². The largest absolute Gasteiger partial charge is 0.296 e. The summed E-state index contributed by atoms with van der Waals surface area (Å²) in [5, 5.41) is 0. The lowest BCUT2D eigenvalue weighted by Crippen LogP contribution is -1.90.